The fourth-order valence-corrected chi connectivity index (χ4v) is 3.61. The van der Waals surface area contributed by atoms with Crippen LogP contribution in [-0.2, 0) is 20.1 Å². The molecule has 0 aliphatic carbocycles. The Morgan fingerprint density at radius 2 is 1.96 bits per heavy atom. The number of hydrogen-bond donors (Lipinski definition) is 2. The molecule has 0 atom stereocenters. The topological polar surface area (TPSA) is 70.4 Å². The highest BCUT2D eigenvalue weighted by atomic mass is 35.5. The van der Waals surface area contributed by atoms with Gasteiger partial charge in [0, 0.05) is 39.8 Å². The zero-order chi connectivity index (χ0) is 20.1. The van der Waals surface area contributed by atoms with E-state index in [1.807, 2.05) is 36.7 Å². The van der Waals surface area contributed by atoms with Gasteiger partial charge in [-0.15, -0.1) is 10.2 Å². The standard InChI is InChI=1S/C19H27Cl2N7/c1-13-25-26-18(27(13)3)11-23-19(22-2)24-15-6-8-28(9-7-15)12-14-4-5-16(20)17(21)10-14/h4-5,10,15H,6-9,11-12H2,1-3H3,(H2,22,23,24). The number of rotatable bonds is 5. The number of aromatic nitrogens is 3. The van der Waals surface area contributed by atoms with Crippen molar-refractivity contribution in [2.75, 3.05) is 20.1 Å². The second kappa shape index (κ2) is 9.58. The van der Waals surface area contributed by atoms with Crippen LogP contribution in [0.5, 0.6) is 0 Å². The summed E-state index contributed by atoms with van der Waals surface area (Å²) in [4.78, 5) is 6.78. The first-order chi connectivity index (χ1) is 13.5. The molecule has 2 N–H and O–H groups in total. The van der Waals surface area contributed by atoms with Gasteiger partial charge in [0.25, 0.3) is 0 Å². The highest BCUT2D eigenvalue weighted by molar-refractivity contribution is 6.42. The van der Waals surface area contributed by atoms with E-state index in [0.717, 1.165) is 50.1 Å². The van der Waals surface area contributed by atoms with E-state index in [1.165, 1.54) is 5.56 Å². The maximum Gasteiger partial charge on any atom is 0.191 e. The number of halogens is 2. The third-order valence-corrected chi connectivity index (χ3v) is 5.88. The molecule has 28 heavy (non-hydrogen) atoms. The average molecular weight is 424 g/mol. The number of aryl methyl sites for hydroxylation is 1. The van der Waals surface area contributed by atoms with Crippen molar-refractivity contribution in [2.24, 2.45) is 12.0 Å². The molecule has 7 nitrogen and oxygen atoms in total. The van der Waals surface area contributed by atoms with Gasteiger partial charge in [-0.3, -0.25) is 9.89 Å². The molecule has 1 aromatic carbocycles. The fourth-order valence-electron chi connectivity index (χ4n) is 3.29. The van der Waals surface area contributed by atoms with E-state index < -0.39 is 0 Å². The van der Waals surface area contributed by atoms with Crippen molar-refractivity contribution in [3.8, 4) is 0 Å². The van der Waals surface area contributed by atoms with E-state index in [9.17, 15) is 0 Å². The molecule has 0 radical (unpaired) electrons. The van der Waals surface area contributed by atoms with Crippen molar-refractivity contribution in [3.63, 3.8) is 0 Å². The van der Waals surface area contributed by atoms with Crippen LogP contribution in [0.15, 0.2) is 23.2 Å². The number of piperidine rings is 1. The molecular weight excluding hydrogens is 397 g/mol. The molecule has 0 bridgehead atoms. The molecule has 0 unspecified atom stereocenters. The molecule has 3 rings (SSSR count). The van der Waals surface area contributed by atoms with Crippen molar-refractivity contribution in [1.29, 1.82) is 0 Å². The molecule has 9 heteroatoms. The van der Waals surface area contributed by atoms with Gasteiger partial charge in [-0.2, -0.15) is 0 Å². The van der Waals surface area contributed by atoms with Gasteiger partial charge >= 0.3 is 0 Å². The van der Waals surface area contributed by atoms with Crippen LogP contribution in [0.4, 0.5) is 0 Å². The van der Waals surface area contributed by atoms with Gasteiger partial charge in [0.05, 0.1) is 16.6 Å². The zero-order valence-corrected chi connectivity index (χ0v) is 18.1. The predicted molar refractivity (Wildman–Crippen MR) is 114 cm³/mol. The summed E-state index contributed by atoms with van der Waals surface area (Å²) < 4.78 is 1.97. The maximum absolute atomic E-state index is 6.12. The lowest BCUT2D eigenvalue weighted by molar-refractivity contribution is 0.198. The fraction of sp³-hybridized carbons (Fsp3) is 0.526. The summed E-state index contributed by atoms with van der Waals surface area (Å²) in [6.45, 7) is 5.47. The Labute approximate surface area is 176 Å². The SMILES string of the molecule is CN=C(NCc1nnc(C)n1C)NC1CCN(Cc2ccc(Cl)c(Cl)c2)CC1. The van der Waals surface area contributed by atoms with E-state index in [2.05, 4.69) is 30.7 Å². The molecule has 152 valence electrons. The molecule has 0 spiro atoms. The highest BCUT2D eigenvalue weighted by Gasteiger charge is 2.20. The number of hydrogen-bond acceptors (Lipinski definition) is 4. The van der Waals surface area contributed by atoms with Gasteiger partial charge in [-0.25, -0.2) is 0 Å². The van der Waals surface area contributed by atoms with Gasteiger partial charge in [0.2, 0.25) is 0 Å². The molecule has 1 aliphatic heterocycles. The molecule has 1 aliphatic rings. The first kappa shape index (κ1) is 20.9. The molecule has 1 fully saturated rings. The molecule has 0 saturated carbocycles. The predicted octanol–water partition coefficient (Wildman–Crippen LogP) is 2.76. The van der Waals surface area contributed by atoms with Gasteiger partial charge in [0.15, 0.2) is 11.8 Å². The molecule has 1 aromatic heterocycles. The first-order valence-electron chi connectivity index (χ1n) is 9.44. The Kier molecular flexibility index (Phi) is 7.15. The molecular formula is C19H27Cl2N7. The number of likely N-dealkylation sites (tertiary alicyclic amines) is 1. The van der Waals surface area contributed by atoms with E-state index in [-0.39, 0.29) is 0 Å². The van der Waals surface area contributed by atoms with Gasteiger partial charge in [-0.1, -0.05) is 29.3 Å². The minimum absolute atomic E-state index is 0.400. The van der Waals surface area contributed by atoms with Crippen LogP contribution in [0.3, 0.4) is 0 Å². The monoisotopic (exact) mass is 423 g/mol. The quantitative estimate of drug-likeness (QED) is 0.571. The van der Waals surface area contributed by atoms with E-state index in [0.29, 0.717) is 22.6 Å². The molecule has 1 saturated heterocycles. The minimum atomic E-state index is 0.400. The van der Waals surface area contributed by atoms with Crippen molar-refractivity contribution >= 4 is 29.2 Å². The van der Waals surface area contributed by atoms with Crippen molar-refractivity contribution < 1.29 is 0 Å². The van der Waals surface area contributed by atoms with E-state index in [1.54, 1.807) is 7.05 Å². The van der Waals surface area contributed by atoms with Crippen molar-refractivity contribution in [3.05, 3.63) is 45.5 Å². The lowest BCUT2D eigenvalue weighted by Gasteiger charge is -2.33. The largest absolute Gasteiger partial charge is 0.354 e. The third-order valence-electron chi connectivity index (χ3n) is 5.14. The second-order valence-corrected chi connectivity index (χ2v) is 7.91. The highest BCUT2D eigenvalue weighted by Crippen LogP contribution is 2.24. The summed E-state index contributed by atoms with van der Waals surface area (Å²) in [6.07, 6.45) is 2.12. The second-order valence-electron chi connectivity index (χ2n) is 7.09. The van der Waals surface area contributed by atoms with Crippen LogP contribution >= 0.6 is 23.2 Å². The number of nitrogens with one attached hydrogen (secondary N) is 2. The number of aliphatic imine (C=N–C) groups is 1. The lowest BCUT2D eigenvalue weighted by Crippen LogP contribution is -2.48. The first-order valence-corrected chi connectivity index (χ1v) is 10.2. The van der Waals surface area contributed by atoms with Crippen LogP contribution in [0.2, 0.25) is 10.0 Å². The zero-order valence-electron chi connectivity index (χ0n) is 16.5. The van der Waals surface area contributed by atoms with Crippen LogP contribution in [0, 0.1) is 6.92 Å². The number of guanidine groups is 1. The van der Waals surface area contributed by atoms with Gasteiger partial charge in [-0.05, 0) is 37.5 Å². The maximum atomic E-state index is 6.12. The summed E-state index contributed by atoms with van der Waals surface area (Å²) in [5.74, 6) is 2.58. The Morgan fingerprint density at radius 3 is 2.57 bits per heavy atom. The van der Waals surface area contributed by atoms with Crippen molar-refractivity contribution in [1.82, 2.24) is 30.3 Å². The Hall–Kier alpha value is -1.83. The Bertz CT molecular complexity index is 826. The lowest BCUT2D eigenvalue weighted by atomic mass is 10.0. The van der Waals surface area contributed by atoms with Crippen molar-refractivity contribution in [2.45, 2.75) is 38.9 Å². The summed E-state index contributed by atoms with van der Waals surface area (Å²) in [7, 11) is 3.75. The molecule has 2 aromatic rings. The Morgan fingerprint density at radius 1 is 1.21 bits per heavy atom. The molecule has 2 heterocycles. The van der Waals surface area contributed by atoms with Crippen LogP contribution in [0.25, 0.3) is 0 Å². The summed E-state index contributed by atoms with van der Waals surface area (Å²) in [5.41, 5.74) is 1.19. The number of benzene rings is 1. The summed E-state index contributed by atoms with van der Waals surface area (Å²) in [6, 6.07) is 6.26. The van der Waals surface area contributed by atoms with Crippen LogP contribution < -0.4 is 10.6 Å². The summed E-state index contributed by atoms with van der Waals surface area (Å²) >= 11 is 12.1. The van der Waals surface area contributed by atoms with Gasteiger partial charge in [0.1, 0.15) is 5.82 Å². The number of nitrogens with zero attached hydrogens (tertiary/aromatic N) is 5. The van der Waals surface area contributed by atoms with E-state index >= 15 is 0 Å². The molecule has 0 amide bonds. The normalized spacial score (nSPS) is 16.4. The van der Waals surface area contributed by atoms with Crippen LogP contribution in [-0.4, -0.2) is 51.8 Å². The van der Waals surface area contributed by atoms with E-state index in [4.69, 9.17) is 23.2 Å². The summed E-state index contributed by atoms with van der Waals surface area (Å²) in [5, 5.41) is 16.3. The van der Waals surface area contributed by atoms with Crippen LogP contribution in [0.1, 0.15) is 30.1 Å². The van der Waals surface area contributed by atoms with Gasteiger partial charge < -0.3 is 15.2 Å². The Balaban J connectivity index is 1.44. The smallest absolute Gasteiger partial charge is 0.191 e. The average Bonchev–Trinajstić information content (AvgIpc) is 3.01. The third kappa shape index (κ3) is 5.37. The minimum Gasteiger partial charge on any atom is -0.354 e.